The summed E-state index contributed by atoms with van der Waals surface area (Å²) in [6.07, 6.45) is 3.64. The van der Waals surface area contributed by atoms with Crippen LogP contribution in [0.3, 0.4) is 0 Å². The van der Waals surface area contributed by atoms with Crippen molar-refractivity contribution in [1.29, 1.82) is 0 Å². The fourth-order valence-corrected chi connectivity index (χ4v) is 3.78. The molecule has 0 saturated heterocycles. The molecule has 0 aliphatic rings. The lowest BCUT2D eigenvalue weighted by Gasteiger charge is -2.10. The van der Waals surface area contributed by atoms with Gasteiger partial charge < -0.3 is 14.8 Å². The lowest BCUT2D eigenvalue weighted by atomic mass is 10.1. The number of amides is 1. The lowest BCUT2D eigenvalue weighted by Crippen LogP contribution is -2.12. The van der Waals surface area contributed by atoms with Crippen molar-refractivity contribution >= 4 is 29.4 Å². The highest BCUT2D eigenvalue weighted by atomic mass is 32.2. The van der Waals surface area contributed by atoms with E-state index in [0.717, 1.165) is 39.6 Å². The highest BCUT2D eigenvalue weighted by molar-refractivity contribution is 7.99. The number of nitrogens with one attached hydrogen (secondary N) is 2. The van der Waals surface area contributed by atoms with Crippen LogP contribution in [0.15, 0.2) is 85.1 Å². The lowest BCUT2D eigenvalue weighted by molar-refractivity contribution is 0.102. The van der Waals surface area contributed by atoms with Gasteiger partial charge in [-0.05, 0) is 42.3 Å². The highest BCUT2D eigenvalue weighted by Crippen LogP contribution is 2.22. The van der Waals surface area contributed by atoms with Gasteiger partial charge in [0.05, 0.1) is 30.8 Å². The molecule has 1 aromatic heterocycles. The summed E-state index contributed by atoms with van der Waals surface area (Å²) in [6.45, 7) is 2.98. The number of aryl methyl sites for hydroxylation is 1. The fraction of sp³-hybridized carbons (Fsp3) is 0.148. The maximum Gasteiger partial charge on any atom is 0.255 e. The van der Waals surface area contributed by atoms with Crippen LogP contribution in [0.5, 0.6) is 0 Å². The van der Waals surface area contributed by atoms with Gasteiger partial charge in [0.15, 0.2) is 5.82 Å². The zero-order chi connectivity index (χ0) is 23.8. The van der Waals surface area contributed by atoms with Crippen molar-refractivity contribution in [1.82, 2.24) is 9.97 Å². The third kappa shape index (κ3) is 6.21. The molecule has 6 nitrogen and oxygen atoms in total. The van der Waals surface area contributed by atoms with E-state index in [9.17, 15) is 4.79 Å². The minimum Gasteiger partial charge on any atom is -0.372 e. The summed E-state index contributed by atoms with van der Waals surface area (Å²) in [5, 5.41) is 2.95. The van der Waals surface area contributed by atoms with E-state index in [4.69, 9.17) is 4.74 Å². The van der Waals surface area contributed by atoms with E-state index in [1.807, 2.05) is 86.0 Å². The fourth-order valence-electron chi connectivity index (χ4n) is 3.39. The van der Waals surface area contributed by atoms with E-state index in [1.54, 1.807) is 12.3 Å². The van der Waals surface area contributed by atoms with Gasteiger partial charge in [-0.15, -0.1) is 0 Å². The van der Waals surface area contributed by atoms with Gasteiger partial charge in [0, 0.05) is 23.1 Å². The molecule has 0 fully saturated rings. The van der Waals surface area contributed by atoms with E-state index >= 15 is 0 Å². The number of nitrogens with zero attached hydrogens (tertiary/aromatic N) is 2. The normalized spacial score (nSPS) is 10.6. The number of carbonyl (C=O) groups excluding carboxylic acids is 1. The number of carbonyl (C=O) groups is 1. The Hall–Kier alpha value is -3.68. The number of anilines is 2. The van der Waals surface area contributed by atoms with E-state index in [2.05, 4.69) is 20.0 Å². The predicted octanol–water partition coefficient (Wildman–Crippen LogP) is 6.11. The molecule has 0 saturated carbocycles. The van der Waals surface area contributed by atoms with E-state index in [0.29, 0.717) is 18.8 Å². The first-order valence-electron chi connectivity index (χ1n) is 10.9. The van der Waals surface area contributed by atoms with Crippen LogP contribution in [0.1, 0.15) is 27.2 Å². The summed E-state index contributed by atoms with van der Waals surface area (Å²) in [5.41, 5.74) is 5.83. The Morgan fingerprint density at radius 1 is 0.941 bits per heavy atom. The summed E-state index contributed by atoms with van der Waals surface area (Å²) in [7, 11) is 0. The number of rotatable bonds is 9. The first kappa shape index (κ1) is 23.5. The summed E-state index contributed by atoms with van der Waals surface area (Å²) < 4.78 is 8.88. The molecule has 0 atom stereocenters. The molecule has 3 aromatic carbocycles. The summed E-state index contributed by atoms with van der Waals surface area (Å²) in [5.74, 6) is 0.555. The van der Waals surface area contributed by atoms with Crippen molar-refractivity contribution in [2.75, 3.05) is 16.3 Å². The van der Waals surface area contributed by atoms with Gasteiger partial charge >= 0.3 is 0 Å². The minimum atomic E-state index is -0.180. The van der Waals surface area contributed by atoms with Crippen LogP contribution in [-0.2, 0) is 18.0 Å². The van der Waals surface area contributed by atoms with E-state index < -0.39 is 0 Å². The quantitative estimate of drug-likeness (QED) is 0.287. The highest BCUT2D eigenvalue weighted by Gasteiger charge is 2.10. The Bertz CT molecular complexity index is 1250. The standard InChI is InChI=1S/C27H26N4O2S/c1-19-26(31-34-2)28-16-25(29-19)22-9-6-10-23(15-22)27(32)30-24-13-11-21(12-14-24)18-33-17-20-7-4-3-5-8-20/h3-16H,17-18H2,1-2H3,(H,28,31)(H,30,32). The van der Waals surface area contributed by atoms with Crippen LogP contribution in [0.2, 0.25) is 0 Å². The molecule has 0 unspecified atom stereocenters. The molecule has 0 aliphatic heterocycles. The SMILES string of the molecule is CSNc1ncc(-c2cccc(C(=O)Nc3ccc(COCc4ccccc4)cc3)c2)nc1C. The Morgan fingerprint density at radius 2 is 1.68 bits per heavy atom. The molecule has 7 heteroatoms. The molecule has 0 spiro atoms. The summed E-state index contributed by atoms with van der Waals surface area (Å²) >= 11 is 1.47. The largest absolute Gasteiger partial charge is 0.372 e. The van der Waals surface area contributed by atoms with Crippen molar-refractivity contribution in [3.63, 3.8) is 0 Å². The number of aromatic nitrogens is 2. The molecule has 0 bridgehead atoms. The van der Waals surface area contributed by atoms with Gasteiger partial charge in [0.1, 0.15) is 0 Å². The molecular weight excluding hydrogens is 444 g/mol. The van der Waals surface area contributed by atoms with Crippen LogP contribution >= 0.6 is 11.9 Å². The molecular formula is C27H26N4O2S. The summed E-state index contributed by atoms with van der Waals surface area (Å²) in [4.78, 5) is 21.9. The van der Waals surface area contributed by atoms with Crippen molar-refractivity contribution in [3.05, 3.63) is 107 Å². The topological polar surface area (TPSA) is 76.1 Å². The molecule has 1 heterocycles. The second kappa shape index (κ2) is 11.4. The van der Waals surface area contributed by atoms with Gasteiger partial charge in [-0.3, -0.25) is 4.79 Å². The van der Waals surface area contributed by atoms with Gasteiger partial charge in [-0.1, -0.05) is 66.5 Å². The van der Waals surface area contributed by atoms with Crippen molar-refractivity contribution in [2.45, 2.75) is 20.1 Å². The predicted molar refractivity (Wildman–Crippen MR) is 139 cm³/mol. The minimum absolute atomic E-state index is 0.180. The Kier molecular flexibility index (Phi) is 7.91. The smallest absolute Gasteiger partial charge is 0.255 e. The zero-order valence-electron chi connectivity index (χ0n) is 19.1. The zero-order valence-corrected chi connectivity index (χ0v) is 19.9. The first-order chi connectivity index (χ1) is 16.6. The van der Waals surface area contributed by atoms with Gasteiger partial charge in [0.25, 0.3) is 5.91 Å². The average molecular weight is 471 g/mol. The first-order valence-corrected chi connectivity index (χ1v) is 12.1. The monoisotopic (exact) mass is 470 g/mol. The van der Waals surface area contributed by atoms with E-state index in [1.165, 1.54) is 11.9 Å². The second-order valence-electron chi connectivity index (χ2n) is 7.71. The number of hydrogen-bond donors (Lipinski definition) is 2. The maximum atomic E-state index is 12.8. The van der Waals surface area contributed by atoms with Gasteiger partial charge in [-0.25, -0.2) is 9.97 Å². The van der Waals surface area contributed by atoms with Crippen molar-refractivity contribution in [2.24, 2.45) is 0 Å². The number of ether oxygens (including phenoxy) is 1. The van der Waals surface area contributed by atoms with Crippen LogP contribution in [-0.4, -0.2) is 22.1 Å². The number of hydrogen-bond acceptors (Lipinski definition) is 6. The average Bonchev–Trinajstić information content (AvgIpc) is 2.87. The molecule has 4 rings (SSSR count). The van der Waals surface area contributed by atoms with Gasteiger partial charge in [-0.2, -0.15) is 0 Å². The molecule has 0 radical (unpaired) electrons. The Labute approximate surface area is 203 Å². The molecule has 4 aromatic rings. The maximum absolute atomic E-state index is 12.8. The van der Waals surface area contributed by atoms with E-state index in [-0.39, 0.29) is 5.91 Å². The van der Waals surface area contributed by atoms with Crippen LogP contribution < -0.4 is 10.0 Å². The molecule has 0 aliphatic carbocycles. The Balaban J connectivity index is 1.37. The Morgan fingerprint density at radius 3 is 2.38 bits per heavy atom. The van der Waals surface area contributed by atoms with Crippen LogP contribution in [0, 0.1) is 6.92 Å². The molecule has 34 heavy (non-hydrogen) atoms. The van der Waals surface area contributed by atoms with Gasteiger partial charge in [0.2, 0.25) is 0 Å². The third-order valence-corrected chi connectivity index (χ3v) is 5.56. The summed E-state index contributed by atoms with van der Waals surface area (Å²) in [6, 6.07) is 25.1. The van der Waals surface area contributed by atoms with Crippen molar-refractivity contribution < 1.29 is 9.53 Å². The number of benzene rings is 3. The van der Waals surface area contributed by atoms with Crippen LogP contribution in [0.4, 0.5) is 11.5 Å². The second-order valence-corrected chi connectivity index (χ2v) is 8.32. The third-order valence-electron chi connectivity index (χ3n) is 5.16. The molecule has 172 valence electrons. The molecule has 2 N–H and O–H groups in total. The van der Waals surface area contributed by atoms with Crippen LogP contribution in [0.25, 0.3) is 11.3 Å². The molecule has 1 amide bonds. The van der Waals surface area contributed by atoms with Crippen molar-refractivity contribution in [3.8, 4) is 11.3 Å².